The number of para-hydroxylation sites is 1. The summed E-state index contributed by atoms with van der Waals surface area (Å²) >= 11 is 0. The minimum absolute atomic E-state index is 0.00775. The number of hydrogen-bond donors (Lipinski definition) is 1. The molecule has 128 valence electrons. The van der Waals surface area contributed by atoms with Crippen LogP contribution in [-0.2, 0) is 17.8 Å². The lowest BCUT2D eigenvalue weighted by molar-refractivity contribution is -0.120. The lowest BCUT2D eigenvalue weighted by atomic mass is 10.1. The molecule has 3 rings (SSSR count). The van der Waals surface area contributed by atoms with Gasteiger partial charge in [0.1, 0.15) is 0 Å². The molecule has 25 heavy (non-hydrogen) atoms. The van der Waals surface area contributed by atoms with Crippen molar-refractivity contribution in [2.75, 3.05) is 6.54 Å². The van der Waals surface area contributed by atoms with E-state index in [0.717, 1.165) is 22.0 Å². The van der Waals surface area contributed by atoms with Gasteiger partial charge in [0.2, 0.25) is 5.91 Å². The van der Waals surface area contributed by atoms with E-state index in [1.165, 1.54) is 0 Å². The van der Waals surface area contributed by atoms with Gasteiger partial charge in [0.25, 0.3) is 5.56 Å². The first-order valence-electron chi connectivity index (χ1n) is 8.46. The molecule has 0 saturated carbocycles. The van der Waals surface area contributed by atoms with Gasteiger partial charge in [0.05, 0.1) is 11.9 Å². The third kappa shape index (κ3) is 3.97. The highest BCUT2D eigenvalue weighted by molar-refractivity contribution is 5.80. The molecule has 1 heterocycles. The summed E-state index contributed by atoms with van der Waals surface area (Å²) in [6.07, 6.45) is 0.352. The Morgan fingerprint density at radius 1 is 1.04 bits per heavy atom. The van der Waals surface area contributed by atoms with Gasteiger partial charge < -0.3 is 9.88 Å². The molecule has 4 heteroatoms. The number of carbonyl (C=O) groups is 1. The fourth-order valence-electron chi connectivity index (χ4n) is 3.07. The van der Waals surface area contributed by atoms with E-state index in [4.69, 9.17) is 0 Å². The van der Waals surface area contributed by atoms with Crippen molar-refractivity contribution in [2.45, 2.75) is 26.8 Å². The first-order valence-corrected chi connectivity index (χ1v) is 8.46. The van der Waals surface area contributed by atoms with Crippen LogP contribution in [0.4, 0.5) is 0 Å². The number of rotatable bonds is 5. The zero-order valence-corrected chi connectivity index (χ0v) is 14.6. The number of aryl methyl sites for hydroxylation is 2. The summed E-state index contributed by atoms with van der Waals surface area (Å²) in [6, 6.07) is 17.6. The average molecular weight is 334 g/mol. The maximum Gasteiger partial charge on any atom is 0.254 e. The number of fused-ring (bicyclic) bond motifs is 1. The summed E-state index contributed by atoms with van der Waals surface area (Å²) in [5.74, 6) is -0.0318. The molecule has 0 saturated heterocycles. The van der Waals surface area contributed by atoms with Crippen LogP contribution in [0.5, 0.6) is 0 Å². The van der Waals surface area contributed by atoms with E-state index in [-0.39, 0.29) is 11.5 Å². The van der Waals surface area contributed by atoms with E-state index < -0.39 is 0 Å². The van der Waals surface area contributed by atoms with Crippen LogP contribution in [-0.4, -0.2) is 17.0 Å². The third-order valence-corrected chi connectivity index (χ3v) is 4.29. The monoisotopic (exact) mass is 334 g/mol. The Hall–Kier alpha value is -2.88. The second-order valence-corrected chi connectivity index (χ2v) is 6.36. The van der Waals surface area contributed by atoms with Crippen molar-refractivity contribution in [3.63, 3.8) is 0 Å². The van der Waals surface area contributed by atoms with Crippen molar-refractivity contribution in [1.29, 1.82) is 0 Å². The Kier molecular flexibility index (Phi) is 4.98. The molecule has 0 radical (unpaired) electrons. The molecule has 0 aliphatic carbocycles. The smallest absolute Gasteiger partial charge is 0.254 e. The lowest BCUT2D eigenvalue weighted by Crippen LogP contribution is -2.32. The number of benzene rings is 2. The highest BCUT2D eigenvalue weighted by Crippen LogP contribution is 2.12. The van der Waals surface area contributed by atoms with E-state index in [1.807, 2.05) is 68.4 Å². The molecule has 0 aliphatic heterocycles. The molecule has 0 aliphatic rings. The van der Waals surface area contributed by atoms with Crippen molar-refractivity contribution < 1.29 is 4.79 Å². The van der Waals surface area contributed by atoms with Gasteiger partial charge in [-0.05, 0) is 36.9 Å². The van der Waals surface area contributed by atoms with Crippen molar-refractivity contribution in [2.24, 2.45) is 0 Å². The summed E-state index contributed by atoms with van der Waals surface area (Å²) in [4.78, 5) is 24.6. The topological polar surface area (TPSA) is 51.1 Å². The fraction of sp³-hybridized carbons (Fsp3) is 0.238. The first-order chi connectivity index (χ1) is 12.0. The van der Waals surface area contributed by atoms with Gasteiger partial charge in [-0.3, -0.25) is 9.59 Å². The van der Waals surface area contributed by atoms with Gasteiger partial charge in [-0.15, -0.1) is 0 Å². The van der Waals surface area contributed by atoms with Gasteiger partial charge in [0, 0.05) is 18.7 Å². The van der Waals surface area contributed by atoms with Gasteiger partial charge >= 0.3 is 0 Å². The second kappa shape index (κ2) is 7.34. The molecule has 0 bridgehead atoms. The fourth-order valence-corrected chi connectivity index (χ4v) is 3.07. The van der Waals surface area contributed by atoms with E-state index in [1.54, 1.807) is 4.57 Å². The number of nitrogens with one attached hydrogen (secondary N) is 1. The molecule has 0 fully saturated rings. The molecule has 0 unspecified atom stereocenters. The predicted octanol–water partition coefficient (Wildman–Crippen LogP) is 2.98. The average Bonchev–Trinajstić information content (AvgIpc) is 2.58. The van der Waals surface area contributed by atoms with Crippen LogP contribution in [0, 0.1) is 13.8 Å². The minimum Gasteiger partial charge on any atom is -0.354 e. The Morgan fingerprint density at radius 3 is 2.64 bits per heavy atom. The largest absolute Gasteiger partial charge is 0.354 e. The van der Waals surface area contributed by atoms with Crippen LogP contribution in [0.25, 0.3) is 10.9 Å². The Labute approximate surface area is 147 Å². The Bertz CT molecular complexity index is 973. The van der Waals surface area contributed by atoms with E-state index in [2.05, 4.69) is 5.32 Å². The maximum absolute atomic E-state index is 12.4. The molecule has 0 atom stereocenters. The third-order valence-electron chi connectivity index (χ3n) is 4.29. The molecular formula is C21H22N2O2. The van der Waals surface area contributed by atoms with Crippen molar-refractivity contribution in [3.05, 3.63) is 81.6 Å². The van der Waals surface area contributed by atoms with E-state index >= 15 is 0 Å². The first kappa shape index (κ1) is 17.0. The van der Waals surface area contributed by atoms with Crippen LogP contribution >= 0.6 is 0 Å². The number of aromatic nitrogens is 1. The second-order valence-electron chi connectivity index (χ2n) is 6.36. The van der Waals surface area contributed by atoms with Crippen LogP contribution in [0.2, 0.25) is 0 Å². The Balaban J connectivity index is 1.68. The van der Waals surface area contributed by atoms with Crippen molar-refractivity contribution in [1.82, 2.24) is 9.88 Å². The van der Waals surface area contributed by atoms with Crippen molar-refractivity contribution in [3.8, 4) is 0 Å². The zero-order valence-electron chi connectivity index (χ0n) is 14.6. The van der Waals surface area contributed by atoms with Crippen LogP contribution < -0.4 is 10.9 Å². The predicted molar refractivity (Wildman–Crippen MR) is 101 cm³/mol. The molecule has 1 aromatic heterocycles. The summed E-state index contributed by atoms with van der Waals surface area (Å²) in [6.45, 7) is 4.72. The number of hydrogen-bond acceptors (Lipinski definition) is 2. The van der Waals surface area contributed by atoms with Gasteiger partial charge in [-0.25, -0.2) is 0 Å². The quantitative estimate of drug-likeness (QED) is 0.780. The highest BCUT2D eigenvalue weighted by Gasteiger charge is 2.07. The van der Waals surface area contributed by atoms with Gasteiger partial charge in [0.15, 0.2) is 0 Å². The highest BCUT2D eigenvalue weighted by atomic mass is 16.1. The lowest BCUT2D eigenvalue weighted by Gasteiger charge is -2.12. The standard InChI is InChI=1S/C21H22N2O2/c1-15-6-5-7-17(12-15)14-20(24)22-10-11-23-19-9-4-3-8-18(19)13-16(2)21(23)25/h3-9,12-13H,10-11,14H2,1-2H3,(H,22,24). The molecule has 1 N–H and O–H groups in total. The summed E-state index contributed by atoms with van der Waals surface area (Å²) in [5.41, 5.74) is 3.74. The number of nitrogens with zero attached hydrogens (tertiary/aromatic N) is 1. The van der Waals surface area contributed by atoms with Crippen molar-refractivity contribution >= 4 is 16.8 Å². The molecule has 3 aromatic rings. The summed E-state index contributed by atoms with van der Waals surface area (Å²) < 4.78 is 1.73. The van der Waals surface area contributed by atoms with Crippen LogP contribution in [0.3, 0.4) is 0 Å². The van der Waals surface area contributed by atoms with Gasteiger partial charge in [-0.2, -0.15) is 0 Å². The molecular weight excluding hydrogens is 312 g/mol. The van der Waals surface area contributed by atoms with E-state index in [0.29, 0.717) is 25.1 Å². The molecule has 1 amide bonds. The van der Waals surface area contributed by atoms with E-state index in [9.17, 15) is 9.59 Å². The number of carbonyl (C=O) groups excluding carboxylic acids is 1. The van der Waals surface area contributed by atoms with Crippen LogP contribution in [0.1, 0.15) is 16.7 Å². The normalized spacial score (nSPS) is 10.8. The molecule has 2 aromatic carbocycles. The zero-order chi connectivity index (χ0) is 17.8. The number of amides is 1. The Morgan fingerprint density at radius 2 is 1.84 bits per heavy atom. The van der Waals surface area contributed by atoms with Crippen LogP contribution in [0.15, 0.2) is 59.4 Å². The van der Waals surface area contributed by atoms with Gasteiger partial charge in [-0.1, -0.05) is 48.0 Å². The number of pyridine rings is 1. The minimum atomic E-state index is -0.0318. The maximum atomic E-state index is 12.4. The SMILES string of the molecule is Cc1cccc(CC(=O)NCCn2c(=O)c(C)cc3ccccc32)c1. The summed E-state index contributed by atoms with van der Waals surface area (Å²) in [5, 5.41) is 3.94. The molecule has 0 spiro atoms. The molecule has 4 nitrogen and oxygen atoms in total. The summed E-state index contributed by atoms with van der Waals surface area (Å²) in [7, 11) is 0.